The molecule has 0 saturated heterocycles. The standard InChI is InChI=1S/C43H50N4O4/c1-3-4-19-36(41(44)48)37(27-30-13-8-9-14-30)42(49)45-38-29-46(34-17-6-5-7-18-34)39-20-10-11-21-40(39)47(43(38)50)28-31-15-12-16-33(26-31)32-22-24-35(51-2)25-23-32/h5-7,10-12,15-18,20-26,30,36-38H,3-4,8-9,13-14,19,27-29H2,1-2H3,(H2,44,48)(H,45,49)/t36-,37+,38?/m0/s1. The largest absolute Gasteiger partial charge is 0.497 e. The van der Waals surface area contributed by atoms with Gasteiger partial charge in [0.25, 0.3) is 5.91 Å². The molecule has 51 heavy (non-hydrogen) atoms. The molecule has 1 heterocycles. The van der Waals surface area contributed by atoms with Crippen LogP contribution >= 0.6 is 0 Å². The topological polar surface area (TPSA) is 105 Å². The van der Waals surface area contributed by atoms with E-state index >= 15 is 0 Å². The second-order valence-electron chi connectivity index (χ2n) is 14.0. The van der Waals surface area contributed by atoms with Gasteiger partial charge in [-0.05, 0) is 77.9 Å². The average Bonchev–Trinajstić information content (AvgIpc) is 3.65. The van der Waals surface area contributed by atoms with Crippen LogP contribution in [0.4, 0.5) is 17.1 Å². The van der Waals surface area contributed by atoms with E-state index < -0.39 is 23.8 Å². The van der Waals surface area contributed by atoms with Crippen molar-refractivity contribution >= 4 is 34.8 Å². The molecule has 3 N–H and O–H groups in total. The number of hydrogen-bond donors (Lipinski definition) is 2. The fourth-order valence-electron chi connectivity index (χ4n) is 7.83. The van der Waals surface area contributed by atoms with Crippen LogP contribution in [-0.4, -0.2) is 37.4 Å². The minimum atomic E-state index is -0.874. The normalized spacial score (nSPS) is 17.4. The highest BCUT2D eigenvalue weighted by molar-refractivity contribution is 6.04. The Morgan fingerprint density at radius 1 is 0.863 bits per heavy atom. The van der Waals surface area contributed by atoms with Crippen molar-refractivity contribution in [2.75, 3.05) is 23.5 Å². The van der Waals surface area contributed by atoms with Gasteiger partial charge in [0.1, 0.15) is 11.8 Å². The van der Waals surface area contributed by atoms with Crippen LogP contribution in [0.5, 0.6) is 5.75 Å². The number of carbonyl (C=O) groups is 3. The first-order valence-electron chi connectivity index (χ1n) is 18.4. The summed E-state index contributed by atoms with van der Waals surface area (Å²) < 4.78 is 5.35. The lowest BCUT2D eigenvalue weighted by Gasteiger charge is -2.30. The molecule has 8 nitrogen and oxygen atoms in total. The SMILES string of the molecule is CCCC[C@H](C(N)=O)[C@@H](CC1CCCC1)C(=O)NC1CN(c2ccccc2)c2ccccc2N(Cc2cccc(-c3ccc(OC)cc3)c2)C1=O. The molecular weight excluding hydrogens is 636 g/mol. The number of hydrogen-bond acceptors (Lipinski definition) is 5. The molecule has 4 aromatic carbocycles. The number of methoxy groups -OCH3 is 1. The smallest absolute Gasteiger partial charge is 0.251 e. The van der Waals surface area contributed by atoms with Crippen LogP contribution in [0.2, 0.25) is 0 Å². The number of amides is 3. The number of unbranched alkanes of at least 4 members (excludes halogenated alkanes) is 1. The van der Waals surface area contributed by atoms with Crippen molar-refractivity contribution in [3.8, 4) is 16.9 Å². The number of para-hydroxylation sites is 3. The molecule has 6 rings (SSSR count). The quantitative estimate of drug-likeness (QED) is 0.140. The van der Waals surface area contributed by atoms with E-state index in [0.29, 0.717) is 25.3 Å². The Morgan fingerprint density at radius 2 is 1.57 bits per heavy atom. The van der Waals surface area contributed by atoms with Crippen LogP contribution in [0.1, 0.15) is 63.9 Å². The third kappa shape index (κ3) is 8.44. The third-order valence-corrected chi connectivity index (χ3v) is 10.6. The average molecular weight is 687 g/mol. The zero-order chi connectivity index (χ0) is 35.7. The van der Waals surface area contributed by atoms with Crippen LogP contribution in [0.25, 0.3) is 11.1 Å². The van der Waals surface area contributed by atoms with Gasteiger partial charge in [-0.2, -0.15) is 0 Å². The second-order valence-corrected chi connectivity index (χ2v) is 14.0. The Bertz CT molecular complexity index is 1790. The fraction of sp³-hybridized carbons (Fsp3) is 0.372. The van der Waals surface area contributed by atoms with E-state index in [9.17, 15) is 14.4 Å². The van der Waals surface area contributed by atoms with Gasteiger partial charge in [-0.15, -0.1) is 0 Å². The number of rotatable bonds is 14. The van der Waals surface area contributed by atoms with E-state index in [4.69, 9.17) is 10.5 Å². The number of anilines is 3. The Morgan fingerprint density at radius 3 is 2.25 bits per heavy atom. The van der Waals surface area contributed by atoms with Crippen molar-refractivity contribution < 1.29 is 19.1 Å². The maximum absolute atomic E-state index is 14.9. The molecule has 1 fully saturated rings. The predicted octanol–water partition coefficient (Wildman–Crippen LogP) is 8.02. The monoisotopic (exact) mass is 686 g/mol. The summed E-state index contributed by atoms with van der Waals surface area (Å²) in [5.41, 5.74) is 11.6. The molecule has 1 unspecified atom stereocenters. The summed E-state index contributed by atoms with van der Waals surface area (Å²) in [6, 6.07) is 33.1. The molecule has 8 heteroatoms. The molecule has 266 valence electrons. The number of primary amides is 1. The minimum Gasteiger partial charge on any atom is -0.497 e. The van der Waals surface area contributed by atoms with E-state index in [1.54, 1.807) is 12.0 Å². The first kappa shape index (κ1) is 35.7. The number of carbonyl (C=O) groups excluding carboxylic acids is 3. The summed E-state index contributed by atoms with van der Waals surface area (Å²) in [5.74, 6) is -0.913. The van der Waals surface area contributed by atoms with Crippen molar-refractivity contribution in [1.82, 2.24) is 5.32 Å². The molecule has 0 spiro atoms. The molecule has 1 aliphatic heterocycles. The molecule has 0 bridgehead atoms. The van der Waals surface area contributed by atoms with Gasteiger partial charge in [0.05, 0.1) is 31.6 Å². The summed E-state index contributed by atoms with van der Waals surface area (Å²) in [5, 5.41) is 3.20. The molecule has 3 atom stereocenters. The van der Waals surface area contributed by atoms with E-state index in [1.807, 2.05) is 91.0 Å². The Kier molecular flexibility index (Phi) is 11.7. The van der Waals surface area contributed by atoms with Gasteiger partial charge < -0.3 is 25.6 Å². The summed E-state index contributed by atoms with van der Waals surface area (Å²) in [6.45, 7) is 2.62. The van der Waals surface area contributed by atoms with Gasteiger partial charge in [0.15, 0.2) is 0 Å². The molecular formula is C43H50N4O4. The number of fused-ring (bicyclic) bond motifs is 1. The maximum atomic E-state index is 14.9. The number of nitrogens with zero attached hydrogens (tertiary/aromatic N) is 2. The van der Waals surface area contributed by atoms with E-state index in [-0.39, 0.29) is 18.4 Å². The van der Waals surface area contributed by atoms with Crippen LogP contribution in [0, 0.1) is 17.8 Å². The van der Waals surface area contributed by atoms with Crippen molar-refractivity contribution in [3.63, 3.8) is 0 Å². The van der Waals surface area contributed by atoms with Crippen molar-refractivity contribution in [2.45, 2.75) is 70.9 Å². The molecule has 1 aliphatic carbocycles. The maximum Gasteiger partial charge on any atom is 0.251 e. The fourth-order valence-corrected chi connectivity index (χ4v) is 7.83. The van der Waals surface area contributed by atoms with Crippen molar-refractivity contribution in [1.29, 1.82) is 0 Å². The van der Waals surface area contributed by atoms with Gasteiger partial charge in [0.2, 0.25) is 11.8 Å². The van der Waals surface area contributed by atoms with E-state index in [2.05, 4.69) is 29.3 Å². The lowest BCUT2D eigenvalue weighted by atomic mass is 9.80. The van der Waals surface area contributed by atoms with Crippen LogP contribution in [-0.2, 0) is 20.9 Å². The first-order valence-corrected chi connectivity index (χ1v) is 18.4. The highest BCUT2D eigenvalue weighted by atomic mass is 16.5. The predicted molar refractivity (Wildman–Crippen MR) is 204 cm³/mol. The lowest BCUT2D eigenvalue weighted by Crippen LogP contribution is -2.54. The van der Waals surface area contributed by atoms with Gasteiger partial charge in [-0.1, -0.05) is 106 Å². The van der Waals surface area contributed by atoms with Gasteiger partial charge >= 0.3 is 0 Å². The molecule has 0 radical (unpaired) electrons. The first-order chi connectivity index (χ1) is 24.9. The van der Waals surface area contributed by atoms with Crippen molar-refractivity contribution in [3.05, 3.63) is 109 Å². The van der Waals surface area contributed by atoms with Gasteiger partial charge in [-0.3, -0.25) is 14.4 Å². The molecule has 1 saturated carbocycles. The molecule has 0 aromatic heterocycles. The molecule has 2 aliphatic rings. The van der Waals surface area contributed by atoms with Crippen molar-refractivity contribution in [2.24, 2.45) is 23.5 Å². The Balaban J connectivity index is 1.36. The Hall–Kier alpha value is -5.11. The van der Waals surface area contributed by atoms with Gasteiger partial charge in [-0.25, -0.2) is 0 Å². The summed E-state index contributed by atoms with van der Waals surface area (Å²) in [7, 11) is 1.65. The van der Waals surface area contributed by atoms with Gasteiger partial charge in [0, 0.05) is 17.5 Å². The number of nitrogens with two attached hydrogens (primary N) is 1. The number of nitrogens with one attached hydrogen (secondary N) is 1. The van der Waals surface area contributed by atoms with E-state index in [0.717, 1.165) is 78.0 Å². The Labute approximate surface area is 302 Å². The highest BCUT2D eigenvalue weighted by Crippen LogP contribution is 2.39. The lowest BCUT2D eigenvalue weighted by molar-refractivity contribution is -0.136. The zero-order valence-electron chi connectivity index (χ0n) is 29.8. The minimum absolute atomic E-state index is 0.201. The van der Waals surface area contributed by atoms with Crippen LogP contribution in [0.15, 0.2) is 103 Å². The highest BCUT2D eigenvalue weighted by Gasteiger charge is 2.40. The summed E-state index contributed by atoms with van der Waals surface area (Å²) in [4.78, 5) is 46.2. The summed E-state index contributed by atoms with van der Waals surface area (Å²) in [6.07, 6.45) is 7.25. The van der Waals surface area contributed by atoms with E-state index in [1.165, 1.54) is 0 Å². The summed E-state index contributed by atoms with van der Waals surface area (Å²) >= 11 is 0. The number of ether oxygens (including phenoxy) is 1. The zero-order valence-corrected chi connectivity index (χ0v) is 29.8. The third-order valence-electron chi connectivity index (χ3n) is 10.6. The number of benzene rings is 4. The molecule has 4 aromatic rings. The van der Waals surface area contributed by atoms with Crippen LogP contribution < -0.4 is 25.6 Å². The van der Waals surface area contributed by atoms with Crippen LogP contribution in [0.3, 0.4) is 0 Å². The second kappa shape index (κ2) is 16.7. The molecule has 3 amide bonds.